The number of piperazine rings is 1. The van der Waals surface area contributed by atoms with Gasteiger partial charge in [-0.15, -0.1) is 0 Å². The summed E-state index contributed by atoms with van der Waals surface area (Å²) >= 11 is 0. The first kappa shape index (κ1) is 13.0. The maximum absolute atomic E-state index is 12.1. The van der Waals surface area contributed by atoms with Crippen molar-refractivity contribution < 1.29 is 4.79 Å². The largest absolute Gasteiger partial charge is 0.347 e. The monoisotopic (exact) mass is 248 g/mol. The quantitative estimate of drug-likeness (QED) is 0.814. The van der Waals surface area contributed by atoms with Gasteiger partial charge in [0.05, 0.1) is 5.69 Å². The third-order valence-electron chi connectivity index (χ3n) is 3.17. The molecule has 0 spiro atoms. The summed E-state index contributed by atoms with van der Waals surface area (Å²) in [5, 5.41) is 3.28. The van der Waals surface area contributed by atoms with Crippen LogP contribution < -0.4 is 5.32 Å². The SMILES string of the molecule is CN(C)C(=O)C1CNCCN1Cc1ccccn1. The van der Waals surface area contributed by atoms with Gasteiger partial charge in [-0.3, -0.25) is 14.7 Å². The Hall–Kier alpha value is -1.46. The van der Waals surface area contributed by atoms with Gasteiger partial charge >= 0.3 is 0 Å². The van der Waals surface area contributed by atoms with Gasteiger partial charge in [0, 0.05) is 46.5 Å². The van der Waals surface area contributed by atoms with E-state index in [0.717, 1.165) is 25.3 Å². The lowest BCUT2D eigenvalue weighted by atomic mass is 10.1. The van der Waals surface area contributed by atoms with E-state index >= 15 is 0 Å². The molecule has 1 aliphatic rings. The number of nitrogens with one attached hydrogen (secondary N) is 1. The Morgan fingerprint density at radius 1 is 1.56 bits per heavy atom. The van der Waals surface area contributed by atoms with Crippen LogP contribution in [0.1, 0.15) is 5.69 Å². The number of rotatable bonds is 3. The fraction of sp³-hybridized carbons (Fsp3) is 0.538. The van der Waals surface area contributed by atoms with E-state index in [2.05, 4.69) is 15.2 Å². The molecule has 1 aromatic heterocycles. The average molecular weight is 248 g/mol. The Bertz CT molecular complexity index is 393. The highest BCUT2D eigenvalue weighted by molar-refractivity contribution is 5.81. The van der Waals surface area contributed by atoms with E-state index in [1.54, 1.807) is 25.2 Å². The Morgan fingerprint density at radius 3 is 3.06 bits per heavy atom. The van der Waals surface area contributed by atoms with Gasteiger partial charge in [0.25, 0.3) is 0 Å². The summed E-state index contributed by atoms with van der Waals surface area (Å²) in [5.74, 6) is 0.151. The van der Waals surface area contributed by atoms with Crippen molar-refractivity contribution in [3.63, 3.8) is 0 Å². The van der Waals surface area contributed by atoms with Crippen molar-refractivity contribution >= 4 is 5.91 Å². The van der Waals surface area contributed by atoms with Gasteiger partial charge in [-0.05, 0) is 12.1 Å². The number of aromatic nitrogens is 1. The van der Waals surface area contributed by atoms with Crippen molar-refractivity contribution in [1.29, 1.82) is 0 Å². The molecule has 1 amide bonds. The molecule has 2 heterocycles. The second-order valence-corrected chi connectivity index (χ2v) is 4.74. The van der Waals surface area contributed by atoms with Crippen molar-refractivity contribution in [3.05, 3.63) is 30.1 Å². The number of nitrogens with zero attached hydrogens (tertiary/aromatic N) is 3. The van der Waals surface area contributed by atoms with Gasteiger partial charge in [-0.25, -0.2) is 0 Å². The molecule has 0 saturated carbocycles. The topological polar surface area (TPSA) is 48.5 Å². The molecule has 98 valence electrons. The Labute approximate surface area is 108 Å². The summed E-state index contributed by atoms with van der Waals surface area (Å²) in [4.78, 5) is 20.3. The van der Waals surface area contributed by atoms with Gasteiger partial charge < -0.3 is 10.2 Å². The summed E-state index contributed by atoms with van der Waals surface area (Å²) in [7, 11) is 3.60. The Balaban J connectivity index is 2.06. The molecule has 0 aromatic carbocycles. The van der Waals surface area contributed by atoms with Gasteiger partial charge in [-0.2, -0.15) is 0 Å². The van der Waals surface area contributed by atoms with Crippen LogP contribution in [-0.4, -0.2) is 60.5 Å². The predicted octanol–water partition coefficient (Wildman–Crippen LogP) is -0.0564. The minimum absolute atomic E-state index is 0.0873. The van der Waals surface area contributed by atoms with E-state index in [9.17, 15) is 4.79 Å². The number of likely N-dealkylation sites (N-methyl/N-ethyl adjacent to an activating group) is 1. The van der Waals surface area contributed by atoms with E-state index in [1.165, 1.54) is 0 Å². The second kappa shape index (κ2) is 5.93. The standard InChI is InChI=1S/C13H20N4O/c1-16(2)13(18)12-9-14-7-8-17(12)10-11-5-3-4-6-15-11/h3-6,12,14H,7-10H2,1-2H3. The van der Waals surface area contributed by atoms with Gasteiger partial charge in [0.1, 0.15) is 6.04 Å². The zero-order chi connectivity index (χ0) is 13.0. The molecule has 1 N–H and O–H groups in total. The Kier molecular flexibility index (Phi) is 4.28. The molecule has 0 bridgehead atoms. The van der Waals surface area contributed by atoms with E-state index in [4.69, 9.17) is 0 Å². The zero-order valence-electron chi connectivity index (χ0n) is 11.0. The smallest absolute Gasteiger partial charge is 0.240 e. The Morgan fingerprint density at radius 2 is 2.39 bits per heavy atom. The van der Waals surface area contributed by atoms with Crippen LogP contribution in [0.25, 0.3) is 0 Å². The minimum atomic E-state index is -0.0873. The summed E-state index contributed by atoms with van der Waals surface area (Å²) in [6.07, 6.45) is 1.79. The average Bonchev–Trinajstić information content (AvgIpc) is 2.39. The maximum Gasteiger partial charge on any atom is 0.240 e. The van der Waals surface area contributed by atoms with E-state index in [-0.39, 0.29) is 11.9 Å². The fourth-order valence-corrected chi connectivity index (χ4v) is 2.18. The van der Waals surface area contributed by atoms with Crippen molar-refractivity contribution in [1.82, 2.24) is 20.1 Å². The number of pyridine rings is 1. The summed E-state index contributed by atoms with van der Waals surface area (Å²) in [6.45, 7) is 3.24. The molecule has 1 fully saturated rings. The molecule has 2 rings (SSSR count). The normalized spacial score (nSPS) is 20.7. The second-order valence-electron chi connectivity index (χ2n) is 4.74. The van der Waals surface area contributed by atoms with Crippen molar-refractivity contribution in [2.75, 3.05) is 33.7 Å². The van der Waals surface area contributed by atoms with Gasteiger partial charge in [0.15, 0.2) is 0 Å². The van der Waals surface area contributed by atoms with Crippen molar-refractivity contribution in [3.8, 4) is 0 Å². The van der Waals surface area contributed by atoms with Crippen LogP contribution >= 0.6 is 0 Å². The molecular formula is C13H20N4O. The molecule has 0 radical (unpaired) electrons. The van der Waals surface area contributed by atoms with Crippen LogP contribution in [0.5, 0.6) is 0 Å². The molecule has 1 atom stereocenters. The first-order chi connectivity index (χ1) is 8.68. The van der Waals surface area contributed by atoms with Crippen LogP contribution in [0.15, 0.2) is 24.4 Å². The zero-order valence-corrected chi connectivity index (χ0v) is 11.0. The summed E-state index contributed by atoms with van der Waals surface area (Å²) in [6, 6.07) is 5.80. The van der Waals surface area contributed by atoms with Crippen LogP contribution in [0, 0.1) is 0 Å². The molecule has 5 heteroatoms. The third kappa shape index (κ3) is 3.05. The molecule has 18 heavy (non-hydrogen) atoms. The van der Waals surface area contributed by atoms with Gasteiger partial charge in [-0.1, -0.05) is 6.07 Å². The van der Waals surface area contributed by atoms with Crippen molar-refractivity contribution in [2.45, 2.75) is 12.6 Å². The number of hydrogen-bond acceptors (Lipinski definition) is 4. The number of hydrogen-bond donors (Lipinski definition) is 1. The summed E-state index contributed by atoms with van der Waals surface area (Å²) < 4.78 is 0. The van der Waals surface area contributed by atoms with Crippen LogP contribution in [0.4, 0.5) is 0 Å². The minimum Gasteiger partial charge on any atom is -0.347 e. The lowest BCUT2D eigenvalue weighted by Gasteiger charge is -2.36. The molecule has 0 aliphatic carbocycles. The van der Waals surface area contributed by atoms with E-state index in [0.29, 0.717) is 6.54 Å². The van der Waals surface area contributed by atoms with E-state index < -0.39 is 0 Å². The van der Waals surface area contributed by atoms with Crippen LogP contribution in [-0.2, 0) is 11.3 Å². The van der Waals surface area contributed by atoms with Crippen LogP contribution in [0.2, 0.25) is 0 Å². The highest BCUT2D eigenvalue weighted by atomic mass is 16.2. The lowest BCUT2D eigenvalue weighted by Crippen LogP contribution is -2.57. The molecule has 1 saturated heterocycles. The highest BCUT2D eigenvalue weighted by Crippen LogP contribution is 2.10. The first-order valence-electron chi connectivity index (χ1n) is 6.24. The van der Waals surface area contributed by atoms with Crippen LogP contribution in [0.3, 0.4) is 0 Å². The van der Waals surface area contributed by atoms with Gasteiger partial charge in [0.2, 0.25) is 5.91 Å². The lowest BCUT2D eigenvalue weighted by molar-refractivity contribution is -0.135. The molecule has 1 unspecified atom stereocenters. The maximum atomic E-state index is 12.1. The third-order valence-corrected chi connectivity index (χ3v) is 3.17. The van der Waals surface area contributed by atoms with Crippen molar-refractivity contribution in [2.24, 2.45) is 0 Å². The molecule has 1 aromatic rings. The molecular weight excluding hydrogens is 228 g/mol. The predicted molar refractivity (Wildman–Crippen MR) is 70.0 cm³/mol. The number of amides is 1. The summed E-state index contributed by atoms with van der Waals surface area (Å²) in [5.41, 5.74) is 1.01. The number of carbonyl (C=O) groups is 1. The molecule has 1 aliphatic heterocycles. The number of carbonyl (C=O) groups excluding carboxylic acids is 1. The molecule has 5 nitrogen and oxygen atoms in total. The first-order valence-corrected chi connectivity index (χ1v) is 6.24. The van der Waals surface area contributed by atoms with E-state index in [1.807, 2.05) is 18.2 Å². The highest BCUT2D eigenvalue weighted by Gasteiger charge is 2.29. The fourth-order valence-electron chi connectivity index (χ4n) is 2.18.